The number of halogens is 1. The summed E-state index contributed by atoms with van der Waals surface area (Å²) in [5.74, 6) is -0.732. The fourth-order valence-electron chi connectivity index (χ4n) is 2.87. The summed E-state index contributed by atoms with van der Waals surface area (Å²) < 4.78 is 16.8. The summed E-state index contributed by atoms with van der Waals surface area (Å²) in [5.41, 5.74) is 1.25. The van der Waals surface area contributed by atoms with Gasteiger partial charge in [0.15, 0.2) is 11.9 Å². The molecule has 0 aliphatic rings. The molecule has 2 atom stereocenters. The maximum atomic E-state index is 12.6. The second kappa shape index (κ2) is 12.5. The van der Waals surface area contributed by atoms with Gasteiger partial charge in [-0.1, -0.05) is 15.9 Å². The Labute approximate surface area is 199 Å². The Balaban J connectivity index is 2.21. The molecule has 0 saturated carbocycles. The second-order valence-corrected chi connectivity index (χ2v) is 7.96. The molecule has 0 fully saturated rings. The van der Waals surface area contributed by atoms with Gasteiger partial charge in [-0.3, -0.25) is 14.9 Å². The molecule has 10 heteroatoms. The van der Waals surface area contributed by atoms with Gasteiger partial charge in [-0.15, -0.1) is 0 Å². The third-order valence-electron chi connectivity index (χ3n) is 4.50. The number of ether oxygens (including phenoxy) is 3. The number of phenolic OH excluding ortho intramolecular Hbond substituents is 1. The Hall–Kier alpha value is -2.56. The van der Waals surface area contributed by atoms with Crippen LogP contribution in [0.15, 0.2) is 46.9 Å². The molecule has 2 N–H and O–H groups in total. The third kappa shape index (κ3) is 7.54. The van der Waals surface area contributed by atoms with Crippen LogP contribution >= 0.6 is 28.6 Å². The van der Waals surface area contributed by atoms with Crippen molar-refractivity contribution in [2.75, 3.05) is 24.8 Å². The summed E-state index contributed by atoms with van der Waals surface area (Å²) in [5, 5.41) is 13.0. The van der Waals surface area contributed by atoms with Crippen LogP contribution in [0.25, 0.3) is 0 Å². The number of nitrogens with one attached hydrogen (secondary N) is 1. The van der Waals surface area contributed by atoms with Crippen molar-refractivity contribution in [3.05, 3.63) is 58.1 Å². The first kappa shape index (κ1) is 25.7. The molecule has 0 aromatic heterocycles. The van der Waals surface area contributed by atoms with Gasteiger partial charge in [-0.05, 0) is 49.4 Å². The number of carbonyl (C=O) groups excluding carboxylic acids is 3. The number of thiol groups is 1. The molecule has 32 heavy (non-hydrogen) atoms. The second-order valence-electron chi connectivity index (χ2n) is 6.73. The molecule has 0 saturated heterocycles. The van der Waals surface area contributed by atoms with Crippen molar-refractivity contribution in [3.63, 3.8) is 0 Å². The number of ketones is 1. The molecule has 0 aliphatic carbocycles. The fourth-order valence-corrected chi connectivity index (χ4v) is 3.34. The van der Waals surface area contributed by atoms with Crippen molar-refractivity contribution in [1.82, 2.24) is 0 Å². The number of rotatable bonds is 10. The number of benzene rings is 2. The van der Waals surface area contributed by atoms with Gasteiger partial charge in [-0.2, -0.15) is 12.6 Å². The lowest BCUT2D eigenvalue weighted by molar-refractivity contribution is -0.141. The van der Waals surface area contributed by atoms with Crippen LogP contribution in [0.3, 0.4) is 0 Å². The van der Waals surface area contributed by atoms with Gasteiger partial charge in [0.05, 0.1) is 12.4 Å². The number of Topliss-reactive ketones (excluding diaryl/α,β-unsaturated/α-hetero) is 1. The number of anilines is 1. The van der Waals surface area contributed by atoms with Crippen molar-refractivity contribution in [3.8, 4) is 5.75 Å². The van der Waals surface area contributed by atoms with Gasteiger partial charge in [-0.25, -0.2) is 4.79 Å². The van der Waals surface area contributed by atoms with Gasteiger partial charge < -0.3 is 19.3 Å². The van der Waals surface area contributed by atoms with E-state index in [0.717, 1.165) is 0 Å². The smallest absolute Gasteiger partial charge is 0.412 e. The molecule has 1 amide bonds. The van der Waals surface area contributed by atoms with Crippen LogP contribution in [0.1, 0.15) is 35.4 Å². The highest BCUT2D eigenvalue weighted by atomic mass is 79.9. The minimum absolute atomic E-state index is 0.0145. The molecule has 0 radical (unpaired) electrons. The van der Waals surface area contributed by atoms with E-state index in [4.69, 9.17) is 14.2 Å². The van der Waals surface area contributed by atoms with E-state index in [1.165, 1.54) is 20.1 Å². The fraction of sp³-hybridized carbons (Fsp3) is 0.318. The van der Waals surface area contributed by atoms with E-state index >= 15 is 0 Å². The zero-order chi connectivity index (χ0) is 23.7. The molecule has 2 aromatic rings. The van der Waals surface area contributed by atoms with Crippen molar-refractivity contribution >= 4 is 52.1 Å². The Bertz CT molecular complexity index is 952. The number of hydrogen-bond acceptors (Lipinski definition) is 8. The van der Waals surface area contributed by atoms with E-state index in [-0.39, 0.29) is 30.3 Å². The van der Waals surface area contributed by atoms with Crippen LogP contribution in [0, 0.1) is 0 Å². The topological polar surface area (TPSA) is 111 Å². The molecule has 2 rings (SSSR count). The average Bonchev–Trinajstić information content (AvgIpc) is 2.77. The molecule has 0 unspecified atom stereocenters. The number of esters is 1. The Morgan fingerprint density at radius 1 is 1.16 bits per heavy atom. The van der Waals surface area contributed by atoms with E-state index in [0.29, 0.717) is 21.3 Å². The monoisotopic (exact) mass is 525 g/mol. The summed E-state index contributed by atoms with van der Waals surface area (Å²) in [6.45, 7) is 1.46. The van der Waals surface area contributed by atoms with Crippen LogP contribution in [-0.4, -0.2) is 48.5 Å². The van der Waals surface area contributed by atoms with E-state index in [1.54, 1.807) is 36.4 Å². The van der Waals surface area contributed by atoms with E-state index in [1.807, 2.05) is 0 Å². The lowest BCUT2D eigenvalue weighted by Crippen LogP contribution is -2.29. The zero-order valence-electron chi connectivity index (χ0n) is 17.5. The maximum Gasteiger partial charge on any atom is 0.412 e. The summed E-state index contributed by atoms with van der Waals surface area (Å²) in [4.78, 5) is 35.4. The Morgan fingerprint density at radius 3 is 2.44 bits per heavy atom. The zero-order valence-corrected chi connectivity index (χ0v) is 20.0. The molecule has 172 valence electrons. The third-order valence-corrected chi connectivity index (χ3v) is 5.25. The van der Waals surface area contributed by atoms with E-state index in [2.05, 4.69) is 33.9 Å². The molecule has 8 nitrogen and oxygen atoms in total. The summed E-state index contributed by atoms with van der Waals surface area (Å²) in [6, 6.07) is 11.0. The van der Waals surface area contributed by atoms with Crippen molar-refractivity contribution in [1.29, 1.82) is 0 Å². The highest BCUT2D eigenvalue weighted by Gasteiger charge is 2.30. The quantitative estimate of drug-likeness (QED) is 0.237. The molecule has 0 aliphatic heterocycles. The normalized spacial score (nSPS) is 12.5. The summed E-state index contributed by atoms with van der Waals surface area (Å²) >= 11 is 7.20. The van der Waals surface area contributed by atoms with Crippen LogP contribution in [0.2, 0.25) is 0 Å². The lowest BCUT2D eigenvalue weighted by Gasteiger charge is -2.27. The van der Waals surface area contributed by atoms with Crippen molar-refractivity contribution in [2.45, 2.75) is 25.6 Å². The number of methoxy groups -OCH3 is 1. The minimum atomic E-state index is -1.01. The number of aromatic hydroxyl groups is 1. The number of amides is 1. The summed E-state index contributed by atoms with van der Waals surface area (Å²) in [7, 11) is 1.43. The summed E-state index contributed by atoms with van der Waals surface area (Å²) in [6.07, 6.45) is -2.33. The molecule has 0 spiro atoms. The molecule has 0 heterocycles. The van der Waals surface area contributed by atoms with E-state index in [9.17, 15) is 19.5 Å². The van der Waals surface area contributed by atoms with Crippen molar-refractivity contribution in [2.24, 2.45) is 0 Å². The predicted octanol–water partition coefficient (Wildman–Crippen LogP) is 4.53. The van der Waals surface area contributed by atoms with Gasteiger partial charge in [0.25, 0.3) is 0 Å². The van der Waals surface area contributed by atoms with Crippen LogP contribution < -0.4 is 5.32 Å². The number of phenols is 1. The number of hydrogen-bond donors (Lipinski definition) is 3. The Kier molecular flexibility index (Phi) is 10.0. The lowest BCUT2D eigenvalue weighted by atomic mass is 10.0. The predicted molar refractivity (Wildman–Crippen MR) is 125 cm³/mol. The molecular weight excluding hydrogens is 502 g/mol. The molecular formula is C22H24BrNO7S. The minimum Gasteiger partial charge on any atom is -0.508 e. The van der Waals surface area contributed by atoms with Crippen LogP contribution in [0.4, 0.5) is 10.5 Å². The first-order valence-electron chi connectivity index (χ1n) is 9.61. The first-order chi connectivity index (χ1) is 15.2. The molecule has 2 aromatic carbocycles. The number of carbonyl (C=O) groups is 3. The van der Waals surface area contributed by atoms with Crippen LogP contribution in [0.5, 0.6) is 5.75 Å². The highest BCUT2D eigenvalue weighted by Crippen LogP contribution is 2.34. The van der Waals surface area contributed by atoms with Gasteiger partial charge in [0.2, 0.25) is 0 Å². The van der Waals surface area contributed by atoms with Gasteiger partial charge in [0, 0.05) is 34.8 Å². The first-order valence-corrected chi connectivity index (χ1v) is 11.0. The van der Waals surface area contributed by atoms with E-state index < -0.39 is 24.3 Å². The highest BCUT2D eigenvalue weighted by molar-refractivity contribution is 9.10. The van der Waals surface area contributed by atoms with Gasteiger partial charge >= 0.3 is 12.1 Å². The van der Waals surface area contributed by atoms with Crippen LogP contribution in [-0.2, 0) is 19.0 Å². The SMILES string of the molecule is CO[C@H](CCOC(=O)CS)[C@H](OC(=O)Nc1ccc(C(C)=O)cc1)c1cc(Br)ccc1O. The molecule has 0 bridgehead atoms. The standard InChI is InChI=1S/C22H24BrNO7S/c1-13(25)14-3-6-16(7-4-14)24-22(28)31-21(17-11-15(23)5-8-18(17)26)19(29-2)9-10-30-20(27)12-32/h3-8,11,19,21,26,32H,9-10,12H2,1-2H3,(H,24,28)/t19-,21-/m1/s1. The Morgan fingerprint density at radius 2 is 1.84 bits per heavy atom. The maximum absolute atomic E-state index is 12.6. The largest absolute Gasteiger partial charge is 0.508 e. The van der Waals surface area contributed by atoms with Crippen molar-refractivity contribution < 1.29 is 33.7 Å². The average molecular weight is 526 g/mol. The van der Waals surface area contributed by atoms with Gasteiger partial charge in [0.1, 0.15) is 11.9 Å².